The van der Waals surface area contributed by atoms with Crippen LogP contribution in [0.5, 0.6) is 5.75 Å². The average Bonchev–Trinajstić information content (AvgIpc) is 2.44. The molecule has 0 radical (unpaired) electrons. The Kier molecular flexibility index (Phi) is 6.31. The number of carbonyl (C=O) groups is 2. The van der Waals surface area contributed by atoms with Gasteiger partial charge in [0.15, 0.2) is 0 Å². The van der Waals surface area contributed by atoms with Crippen LogP contribution in [0.15, 0.2) is 18.2 Å². The molecule has 0 unspecified atom stereocenters. The fraction of sp³-hybridized carbons (Fsp3) is 0.385. The lowest BCUT2D eigenvalue weighted by molar-refractivity contribution is -0.120. The van der Waals surface area contributed by atoms with Crippen LogP contribution in [-0.2, 0) is 9.53 Å². The number of nitrogens with one attached hydrogen (secondary N) is 2. The first-order chi connectivity index (χ1) is 9.56. The number of rotatable bonds is 7. The molecule has 0 aliphatic rings. The summed E-state index contributed by atoms with van der Waals surface area (Å²) in [6.45, 7) is 0.711. The first kappa shape index (κ1) is 15.8. The molecular weight excluding hydrogens is 262 g/mol. The van der Waals surface area contributed by atoms with Crippen LogP contribution in [0.4, 0.5) is 5.69 Å². The number of benzene rings is 1. The molecule has 0 spiro atoms. The van der Waals surface area contributed by atoms with Crippen LogP contribution in [0.3, 0.4) is 0 Å². The summed E-state index contributed by atoms with van der Waals surface area (Å²) in [7, 11) is 3.03. The van der Waals surface area contributed by atoms with Gasteiger partial charge in [0.2, 0.25) is 5.91 Å². The van der Waals surface area contributed by atoms with E-state index in [1.807, 2.05) is 0 Å². The van der Waals surface area contributed by atoms with E-state index in [0.717, 1.165) is 0 Å². The third-order valence-corrected chi connectivity index (χ3v) is 2.46. The van der Waals surface area contributed by atoms with Crippen molar-refractivity contribution in [2.24, 2.45) is 0 Å². The number of anilines is 1. The fourth-order valence-electron chi connectivity index (χ4n) is 1.49. The SMILES string of the molecule is COCCNC(=O)CNC(=O)c1cc(N)cc(OC)c1. The minimum atomic E-state index is -0.391. The summed E-state index contributed by atoms with van der Waals surface area (Å²) in [5.41, 5.74) is 6.41. The predicted molar refractivity (Wildman–Crippen MR) is 74.6 cm³/mol. The maximum Gasteiger partial charge on any atom is 0.251 e. The molecule has 110 valence electrons. The van der Waals surface area contributed by atoms with Gasteiger partial charge in [0.1, 0.15) is 5.75 Å². The Bertz CT molecular complexity index is 477. The second-order valence-electron chi connectivity index (χ2n) is 4.02. The summed E-state index contributed by atoms with van der Waals surface area (Å²) in [6.07, 6.45) is 0. The van der Waals surface area contributed by atoms with Crippen molar-refractivity contribution in [2.75, 3.05) is 39.6 Å². The molecule has 0 atom stereocenters. The van der Waals surface area contributed by atoms with Gasteiger partial charge in [-0.05, 0) is 12.1 Å². The lowest BCUT2D eigenvalue weighted by Gasteiger charge is -2.08. The van der Waals surface area contributed by atoms with Gasteiger partial charge in [-0.15, -0.1) is 0 Å². The molecule has 0 aliphatic carbocycles. The molecule has 0 aromatic heterocycles. The van der Waals surface area contributed by atoms with Crippen molar-refractivity contribution in [2.45, 2.75) is 0 Å². The van der Waals surface area contributed by atoms with Gasteiger partial charge in [-0.3, -0.25) is 9.59 Å². The summed E-state index contributed by atoms with van der Waals surface area (Å²) in [4.78, 5) is 23.3. The normalized spacial score (nSPS) is 9.90. The van der Waals surface area contributed by atoms with E-state index in [1.165, 1.54) is 13.2 Å². The summed E-state index contributed by atoms with van der Waals surface area (Å²) in [6, 6.07) is 4.67. The van der Waals surface area contributed by atoms with Gasteiger partial charge in [-0.25, -0.2) is 0 Å². The number of nitrogen functional groups attached to an aromatic ring is 1. The highest BCUT2D eigenvalue weighted by Gasteiger charge is 2.10. The number of hydrogen-bond donors (Lipinski definition) is 3. The van der Waals surface area contributed by atoms with Crippen LogP contribution in [-0.4, -0.2) is 45.7 Å². The van der Waals surface area contributed by atoms with Gasteiger partial charge in [-0.2, -0.15) is 0 Å². The lowest BCUT2D eigenvalue weighted by Crippen LogP contribution is -2.38. The van der Waals surface area contributed by atoms with Gasteiger partial charge in [0.25, 0.3) is 5.91 Å². The first-order valence-corrected chi connectivity index (χ1v) is 6.05. The molecule has 7 heteroatoms. The number of ether oxygens (including phenoxy) is 2. The smallest absolute Gasteiger partial charge is 0.251 e. The quantitative estimate of drug-likeness (QED) is 0.473. The number of amides is 2. The second kappa shape index (κ2) is 8.00. The minimum Gasteiger partial charge on any atom is -0.497 e. The van der Waals surface area contributed by atoms with Gasteiger partial charge < -0.3 is 25.8 Å². The standard InChI is InChI=1S/C13H19N3O4/c1-19-4-3-15-12(17)8-16-13(18)9-5-10(14)7-11(6-9)20-2/h5-7H,3-4,8,14H2,1-2H3,(H,15,17)(H,16,18). The zero-order valence-corrected chi connectivity index (χ0v) is 11.6. The molecule has 1 aromatic rings. The Balaban J connectivity index is 2.50. The van der Waals surface area contributed by atoms with Crippen LogP contribution < -0.4 is 21.1 Å². The van der Waals surface area contributed by atoms with Crippen molar-refractivity contribution in [3.8, 4) is 5.75 Å². The number of methoxy groups -OCH3 is 2. The van der Waals surface area contributed by atoms with Crippen LogP contribution in [0, 0.1) is 0 Å². The molecular formula is C13H19N3O4. The Labute approximate surface area is 117 Å². The number of nitrogens with two attached hydrogens (primary N) is 1. The van der Waals surface area contributed by atoms with E-state index < -0.39 is 5.91 Å². The molecule has 20 heavy (non-hydrogen) atoms. The van der Waals surface area contributed by atoms with E-state index in [9.17, 15) is 9.59 Å². The molecule has 0 fully saturated rings. The van der Waals surface area contributed by atoms with Crippen molar-refractivity contribution in [3.63, 3.8) is 0 Å². The summed E-state index contributed by atoms with van der Waals surface area (Å²) in [5, 5.41) is 5.10. The highest BCUT2D eigenvalue weighted by Crippen LogP contribution is 2.18. The third kappa shape index (κ3) is 5.15. The van der Waals surface area contributed by atoms with Crippen molar-refractivity contribution >= 4 is 17.5 Å². The lowest BCUT2D eigenvalue weighted by atomic mass is 10.1. The van der Waals surface area contributed by atoms with Gasteiger partial charge >= 0.3 is 0 Å². The summed E-state index contributed by atoms with van der Waals surface area (Å²) in [5.74, 6) is -0.191. The van der Waals surface area contributed by atoms with Crippen molar-refractivity contribution in [3.05, 3.63) is 23.8 Å². The average molecular weight is 281 g/mol. The third-order valence-electron chi connectivity index (χ3n) is 2.46. The Morgan fingerprint density at radius 2 is 1.95 bits per heavy atom. The zero-order valence-electron chi connectivity index (χ0n) is 11.6. The van der Waals surface area contributed by atoms with Crippen LogP contribution in [0.2, 0.25) is 0 Å². The van der Waals surface area contributed by atoms with Crippen LogP contribution in [0.25, 0.3) is 0 Å². The van der Waals surface area contributed by atoms with Crippen molar-refractivity contribution in [1.29, 1.82) is 0 Å². The van der Waals surface area contributed by atoms with E-state index in [0.29, 0.717) is 30.2 Å². The molecule has 0 bridgehead atoms. The number of hydrogen-bond acceptors (Lipinski definition) is 5. The van der Waals surface area contributed by atoms with E-state index >= 15 is 0 Å². The van der Waals surface area contributed by atoms with Crippen LogP contribution >= 0.6 is 0 Å². The molecule has 0 saturated carbocycles. The molecule has 4 N–H and O–H groups in total. The van der Waals surface area contributed by atoms with E-state index in [4.69, 9.17) is 15.2 Å². The Morgan fingerprint density at radius 1 is 1.20 bits per heavy atom. The van der Waals surface area contributed by atoms with Crippen LogP contribution in [0.1, 0.15) is 10.4 Å². The Morgan fingerprint density at radius 3 is 2.60 bits per heavy atom. The Hall–Kier alpha value is -2.28. The van der Waals surface area contributed by atoms with E-state index in [1.54, 1.807) is 19.2 Å². The summed E-state index contributed by atoms with van der Waals surface area (Å²) < 4.78 is 9.82. The van der Waals surface area contributed by atoms with Crippen molar-refractivity contribution < 1.29 is 19.1 Å². The highest BCUT2D eigenvalue weighted by atomic mass is 16.5. The topological polar surface area (TPSA) is 103 Å². The monoisotopic (exact) mass is 281 g/mol. The maximum atomic E-state index is 11.9. The van der Waals surface area contributed by atoms with Crippen molar-refractivity contribution in [1.82, 2.24) is 10.6 Å². The molecule has 0 saturated heterocycles. The van der Waals surface area contributed by atoms with E-state index in [2.05, 4.69) is 10.6 Å². The second-order valence-corrected chi connectivity index (χ2v) is 4.02. The van der Waals surface area contributed by atoms with E-state index in [-0.39, 0.29) is 12.5 Å². The zero-order chi connectivity index (χ0) is 15.0. The molecule has 2 amide bonds. The largest absolute Gasteiger partial charge is 0.497 e. The number of carbonyl (C=O) groups excluding carboxylic acids is 2. The predicted octanol–water partition coefficient (Wildman–Crippen LogP) is -0.230. The molecule has 7 nitrogen and oxygen atoms in total. The molecule has 1 rings (SSSR count). The van der Waals surface area contributed by atoms with Gasteiger partial charge in [0, 0.05) is 31.0 Å². The fourth-order valence-corrected chi connectivity index (χ4v) is 1.49. The maximum absolute atomic E-state index is 11.9. The van der Waals surface area contributed by atoms with Gasteiger partial charge in [0.05, 0.1) is 20.3 Å². The first-order valence-electron chi connectivity index (χ1n) is 6.05. The molecule has 0 heterocycles. The molecule has 0 aliphatic heterocycles. The minimum absolute atomic E-state index is 0.111. The molecule has 1 aromatic carbocycles. The van der Waals surface area contributed by atoms with Gasteiger partial charge in [-0.1, -0.05) is 0 Å². The summed E-state index contributed by atoms with van der Waals surface area (Å²) >= 11 is 0. The highest BCUT2D eigenvalue weighted by molar-refractivity contribution is 5.97.